The first-order valence-electron chi connectivity index (χ1n) is 10.0. The number of carbonyl (C=O) groups is 2. The van der Waals surface area contributed by atoms with E-state index in [0.29, 0.717) is 5.56 Å². The van der Waals surface area contributed by atoms with Crippen molar-refractivity contribution in [3.05, 3.63) is 88.2 Å². The van der Waals surface area contributed by atoms with Crippen LogP contribution in [0.1, 0.15) is 17.2 Å². The van der Waals surface area contributed by atoms with Gasteiger partial charge in [0.2, 0.25) is 0 Å². The van der Waals surface area contributed by atoms with Crippen molar-refractivity contribution in [3.8, 4) is 17.2 Å². The predicted octanol–water partition coefficient (Wildman–Crippen LogP) is 4.83. The number of anilines is 1. The molecule has 3 aromatic rings. The zero-order chi connectivity index (χ0) is 24.6. The highest BCUT2D eigenvalue weighted by molar-refractivity contribution is 6.51. The number of phenolic OH excluding ortho intramolecular Hbond substituents is 1. The molecule has 9 heteroatoms. The van der Waals surface area contributed by atoms with Crippen molar-refractivity contribution in [2.45, 2.75) is 6.04 Å². The van der Waals surface area contributed by atoms with Gasteiger partial charge in [-0.2, -0.15) is 0 Å². The summed E-state index contributed by atoms with van der Waals surface area (Å²) in [6, 6.07) is 12.6. The molecule has 1 aliphatic heterocycles. The molecule has 0 aliphatic carbocycles. The maximum atomic E-state index is 13.5. The third-order valence-corrected chi connectivity index (χ3v) is 5.78. The van der Waals surface area contributed by atoms with Crippen LogP contribution in [0.2, 0.25) is 5.02 Å². The van der Waals surface area contributed by atoms with Gasteiger partial charge in [-0.25, -0.2) is 4.39 Å². The summed E-state index contributed by atoms with van der Waals surface area (Å²) in [5, 5.41) is 21.2. The molecule has 7 nitrogen and oxygen atoms in total. The number of methoxy groups -OCH3 is 2. The Morgan fingerprint density at radius 3 is 2.18 bits per heavy atom. The van der Waals surface area contributed by atoms with E-state index in [-0.39, 0.29) is 39.1 Å². The van der Waals surface area contributed by atoms with Crippen molar-refractivity contribution in [1.82, 2.24) is 0 Å². The van der Waals surface area contributed by atoms with Crippen molar-refractivity contribution >= 4 is 34.7 Å². The van der Waals surface area contributed by atoms with Gasteiger partial charge in [-0.3, -0.25) is 14.5 Å². The molecule has 1 unspecified atom stereocenters. The summed E-state index contributed by atoms with van der Waals surface area (Å²) in [4.78, 5) is 27.5. The third kappa shape index (κ3) is 3.92. The number of amides is 1. The van der Waals surface area contributed by atoms with Crippen molar-refractivity contribution in [3.63, 3.8) is 0 Å². The molecule has 1 saturated heterocycles. The Kier molecular flexibility index (Phi) is 6.17. The van der Waals surface area contributed by atoms with Crippen LogP contribution in [0.5, 0.6) is 17.2 Å². The standard InChI is InChI=1S/C25H19ClFNO6/c1-33-19-12-20(34-2)18(26)11-17(19)23(30)21-22(13-3-9-16(29)10-4-13)28(25(32)24(21)31)15-7-5-14(27)6-8-15/h3-12,22,29-30H,1-2H3/b23-21+. The first-order valence-corrected chi connectivity index (χ1v) is 10.4. The van der Waals surface area contributed by atoms with Gasteiger partial charge in [-0.05, 0) is 48.0 Å². The smallest absolute Gasteiger partial charge is 0.300 e. The van der Waals surface area contributed by atoms with Gasteiger partial charge in [-0.1, -0.05) is 23.7 Å². The number of aliphatic hydroxyl groups is 1. The van der Waals surface area contributed by atoms with Crippen molar-refractivity contribution in [2.24, 2.45) is 0 Å². The van der Waals surface area contributed by atoms with Gasteiger partial charge in [0.1, 0.15) is 28.8 Å². The van der Waals surface area contributed by atoms with E-state index in [1.165, 1.54) is 62.8 Å². The lowest BCUT2D eigenvalue weighted by Crippen LogP contribution is -2.29. The molecule has 1 heterocycles. The average molecular weight is 484 g/mol. The van der Waals surface area contributed by atoms with Gasteiger partial charge in [0.25, 0.3) is 11.7 Å². The highest BCUT2D eigenvalue weighted by Gasteiger charge is 2.47. The minimum Gasteiger partial charge on any atom is -0.508 e. The van der Waals surface area contributed by atoms with Crippen LogP contribution in [0, 0.1) is 5.82 Å². The Balaban J connectivity index is 1.98. The number of aromatic hydroxyl groups is 1. The molecule has 34 heavy (non-hydrogen) atoms. The van der Waals surface area contributed by atoms with E-state index in [2.05, 4.69) is 0 Å². The number of benzene rings is 3. The van der Waals surface area contributed by atoms with Crippen LogP contribution in [-0.2, 0) is 9.59 Å². The molecule has 2 N–H and O–H groups in total. The maximum Gasteiger partial charge on any atom is 0.300 e. The molecule has 1 aliphatic rings. The largest absolute Gasteiger partial charge is 0.508 e. The second-order valence-corrected chi connectivity index (χ2v) is 7.83. The van der Waals surface area contributed by atoms with Crippen molar-refractivity contribution in [2.75, 3.05) is 19.1 Å². The van der Waals surface area contributed by atoms with Crippen LogP contribution >= 0.6 is 11.6 Å². The molecule has 4 rings (SSSR count). The van der Waals surface area contributed by atoms with Crippen LogP contribution in [0.3, 0.4) is 0 Å². The normalized spacial score (nSPS) is 17.2. The molecular weight excluding hydrogens is 465 g/mol. The van der Waals surface area contributed by atoms with Crippen molar-refractivity contribution in [1.29, 1.82) is 0 Å². The number of Topliss-reactive ketones (excluding diaryl/α,β-unsaturated/α-hetero) is 1. The highest BCUT2D eigenvalue weighted by atomic mass is 35.5. The van der Waals surface area contributed by atoms with Gasteiger partial charge < -0.3 is 19.7 Å². The van der Waals surface area contributed by atoms with Gasteiger partial charge >= 0.3 is 0 Å². The Morgan fingerprint density at radius 2 is 1.59 bits per heavy atom. The number of carbonyl (C=O) groups excluding carboxylic acids is 2. The second kappa shape index (κ2) is 9.07. The van der Waals surface area contributed by atoms with E-state index in [4.69, 9.17) is 21.1 Å². The minimum absolute atomic E-state index is 0.0221. The summed E-state index contributed by atoms with van der Waals surface area (Å²) in [5.74, 6) is -2.46. The van der Waals surface area contributed by atoms with E-state index in [0.717, 1.165) is 17.0 Å². The van der Waals surface area contributed by atoms with Crippen LogP contribution in [0.15, 0.2) is 66.2 Å². The van der Waals surface area contributed by atoms with E-state index >= 15 is 0 Å². The fraction of sp³-hybridized carbons (Fsp3) is 0.120. The third-order valence-electron chi connectivity index (χ3n) is 5.49. The fourth-order valence-corrected chi connectivity index (χ4v) is 4.10. The first-order chi connectivity index (χ1) is 16.3. The highest BCUT2D eigenvalue weighted by Crippen LogP contribution is 2.44. The molecule has 1 fully saturated rings. The molecule has 3 aromatic carbocycles. The number of hydrogen-bond donors (Lipinski definition) is 2. The zero-order valence-corrected chi connectivity index (χ0v) is 18.8. The topological polar surface area (TPSA) is 96.3 Å². The summed E-state index contributed by atoms with van der Waals surface area (Å²) >= 11 is 6.24. The van der Waals surface area contributed by atoms with E-state index in [1.807, 2.05) is 0 Å². The molecule has 174 valence electrons. The lowest BCUT2D eigenvalue weighted by molar-refractivity contribution is -0.132. The molecule has 0 radical (unpaired) electrons. The number of halogens is 2. The van der Waals surface area contributed by atoms with E-state index < -0.39 is 29.3 Å². The number of phenols is 1. The summed E-state index contributed by atoms with van der Waals surface area (Å²) in [5.41, 5.74) is 0.538. The number of ether oxygens (including phenoxy) is 2. The van der Waals surface area contributed by atoms with Gasteiger partial charge in [-0.15, -0.1) is 0 Å². The Hall–Kier alpha value is -4.04. The quantitative estimate of drug-likeness (QED) is 0.306. The average Bonchev–Trinajstić information content (AvgIpc) is 3.10. The fourth-order valence-electron chi connectivity index (χ4n) is 3.86. The van der Waals surface area contributed by atoms with Crippen LogP contribution < -0.4 is 14.4 Å². The number of ketones is 1. The number of nitrogens with zero attached hydrogens (tertiary/aromatic N) is 1. The minimum atomic E-state index is -1.07. The second-order valence-electron chi connectivity index (χ2n) is 7.42. The zero-order valence-electron chi connectivity index (χ0n) is 18.1. The summed E-state index contributed by atoms with van der Waals surface area (Å²) in [6.45, 7) is 0. The van der Waals surface area contributed by atoms with Gasteiger partial charge in [0.05, 0.1) is 36.4 Å². The number of aliphatic hydroxyl groups excluding tert-OH is 1. The van der Waals surface area contributed by atoms with E-state index in [9.17, 15) is 24.2 Å². The maximum absolute atomic E-state index is 13.5. The Bertz CT molecular complexity index is 1300. The van der Waals surface area contributed by atoms with Crippen molar-refractivity contribution < 1.29 is 33.7 Å². The summed E-state index contributed by atoms with van der Waals surface area (Å²) in [6.07, 6.45) is 0. The Labute approximate surface area is 199 Å². The van der Waals surface area contributed by atoms with Gasteiger partial charge in [0.15, 0.2) is 0 Å². The summed E-state index contributed by atoms with van der Waals surface area (Å²) in [7, 11) is 2.78. The first kappa shape index (κ1) is 23.1. The molecule has 1 atom stereocenters. The lowest BCUT2D eigenvalue weighted by Gasteiger charge is -2.25. The van der Waals surface area contributed by atoms with Crippen LogP contribution in [0.25, 0.3) is 5.76 Å². The molecule has 0 aromatic heterocycles. The predicted molar refractivity (Wildman–Crippen MR) is 124 cm³/mol. The molecule has 0 bridgehead atoms. The SMILES string of the molecule is COc1cc(OC)c(/C(O)=C2\C(=O)C(=O)N(c3ccc(F)cc3)C2c2ccc(O)cc2)cc1Cl. The van der Waals surface area contributed by atoms with Crippen LogP contribution in [0.4, 0.5) is 10.1 Å². The molecule has 1 amide bonds. The Morgan fingerprint density at radius 1 is 0.971 bits per heavy atom. The molecular formula is C25H19ClFNO6. The molecule has 0 spiro atoms. The number of rotatable bonds is 5. The van der Waals surface area contributed by atoms with E-state index in [1.54, 1.807) is 0 Å². The monoisotopic (exact) mass is 483 g/mol. The lowest BCUT2D eigenvalue weighted by atomic mass is 9.94. The molecule has 0 saturated carbocycles. The van der Waals surface area contributed by atoms with Crippen LogP contribution in [-0.4, -0.2) is 36.1 Å². The number of hydrogen-bond acceptors (Lipinski definition) is 6. The summed E-state index contributed by atoms with van der Waals surface area (Å²) < 4.78 is 24.1. The van der Waals surface area contributed by atoms with Gasteiger partial charge in [0, 0.05) is 11.8 Å².